The van der Waals surface area contributed by atoms with Gasteiger partial charge >= 0.3 is 0 Å². The predicted molar refractivity (Wildman–Crippen MR) is 104 cm³/mol. The molecule has 2 aliphatic rings. The Bertz CT molecular complexity index is 893. The molecule has 3 heterocycles. The molecule has 4 rings (SSSR count). The smallest absolute Gasteiger partial charge is 0.263 e. The fourth-order valence-electron chi connectivity index (χ4n) is 4.30. The standard InChI is InChI=1S/C21H26F2N4O/c1-3-9-27-18-8-11-25(14(2)28)13-17(18)21(24-27)26-10-4-5-15-6-7-16(20(22)23)12-19(15)26/h6-7,12,20H,3-5,8-11,13H2,1-2H3. The number of carbonyl (C=O) groups excluding carboxylic acids is 1. The maximum absolute atomic E-state index is 13.3. The second-order valence-corrected chi connectivity index (χ2v) is 7.61. The number of fused-ring (bicyclic) bond motifs is 2. The van der Waals surface area contributed by atoms with Crippen LogP contribution in [0.15, 0.2) is 18.2 Å². The number of carbonyl (C=O) groups is 1. The molecule has 0 spiro atoms. The Hall–Kier alpha value is -2.44. The van der Waals surface area contributed by atoms with Crippen LogP contribution in [0.1, 0.15) is 55.5 Å². The van der Waals surface area contributed by atoms with E-state index < -0.39 is 6.43 Å². The summed E-state index contributed by atoms with van der Waals surface area (Å²) in [5, 5.41) is 4.89. The minimum absolute atomic E-state index is 0.0397. The zero-order chi connectivity index (χ0) is 19.8. The van der Waals surface area contributed by atoms with E-state index in [1.165, 1.54) is 11.8 Å². The molecule has 0 fully saturated rings. The van der Waals surface area contributed by atoms with Crippen molar-refractivity contribution in [1.29, 1.82) is 0 Å². The number of hydrogen-bond acceptors (Lipinski definition) is 3. The number of amides is 1. The molecule has 2 aliphatic heterocycles. The van der Waals surface area contributed by atoms with Crippen molar-refractivity contribution in [3.8, 4) is 0 Å². The molecule has 1 amide bonds. The van der Waals surface area contributed by atoms with E-state index >= 15 is 0 Å². The van der Waals surface area contributed by atoms with Crippen molar-refractivity contribution in [2.75, 3.05) is 18.0 Å². The van der Waals surface area contributed by atoms with Crippen molar-refractivity contribution in [2.45, 2.75) is 59.0 Å². The number of aryl methyl sites for hydroxylation is 2. The van der Waals surface area contributed by atoms with Crippen LogP contribution in [-0.4, -0.2) is 33.7 Å². The molecule has 1 aromatic carbocycles. The van der Waals surface area contributed by atoms with Gasteiger partial charge in [0, 0.05) is 55.5 Å². The highest BCUT2D eigenvalue weighted by molar-refractivity contribution is 5.75. The summed E-state index contributed by atoms with van der Waals surface area (Å²) in [6.07, 6.45) is 1.09. The molecular weight excluding hydrogens is 362 g/mol. The van der Waals surface area contributed by atoms with Crippen LogP contribution < -0.4 is 4.90 Å². The summed E-state index contributed by atoms with van der Waals surface area (Å²) in [4.78, 5) is 15.9. The Morgan fingerprint density at radius 2 is 2.07 bits per heavy atom. The van der Waals surface area contributed by atoms with E-state index in [9.17, 15) is 13.6 Å². The Labute approximate surface area is 163 Å². The largest absolute Gasteiger partial charge is 0.338 e. The monoisotopic (exact) mass is 388 g/mol. The molecule has 0 unspecified atom stereocenters. The van der Waals surface area contributed by atoms with Crippen molar-refractivity contribution < 1.29 is 13.6 Å². The van der Waals surface area contributed by atoms with Crippen molar-refractivity contribution in [3.63, 3.8) is 0 Å². The van der Waals surface area contributed by atoms with Crippen molar-refractivity contribution in [1.82, 2.24) is 14.7 Å². The minimum atomic E-state index is -2.49. The van der Waals surface area contributed by atoms with Crippen LogP contribution in [0.3, 0.4) is 0 Å². The highest BCUT2D eigenvalue weighted by Gasteiger charge is 2.31. The van der Waals surface area contributed by atoms with Gasteiger partial charge in [-0.3, -0.25) is 9.48 Å². The van der Waals surface area contributed by atoms with Crippen LogP contribution >= 0.6 is 0 Å². The summed E-state index contributed by atoms with van der Waals surface area (Å²) in [6, 6.07) is 4.95. The van der Waals surface area contributed by atoms with E-state index in [0.29, 0.717) is 13.1 Å². The summed E-state index contributed by atoms with van der Waals surface area (Å²) < 4.78 is 28.7. The molecule has 2 aromatic rings. The lowest BCUT2D eigenvalue weighted by Crippen LogP contribution is -2.35. The molecule has 0 N–H and O–H groups in total. The van der Waals surface area contributed by atoms with Crippen LogP contribution in [0.4, 0.5) is 20.3 Å². The number of halogens is 2. The summed E-state index contributed by atoms with van der Waals surface area (Å²) in [6.45, 7) is 6.50. The first-order valence-corrected chi connectivity index (χ1v) is 10.0. The molecule has 0 radical (unpaired) electrons. The third-order valence-corrected chi connectivity index (χ3v) is 5.73. The SMILES string of the molecule is CCCn1nc(N2CCCc3ccc(C(F)F)cc32)c2c1CCN(C(C)=O)C2. The van der Waals surface area contributed by atoms with Crippen molar-refractivity contribution in [3.05, 3.63) is 40.6 Å². The van der Waals surface area contributed by atoms with Gasteiger partial charge in [-0.2, -0.15) is 5.10 Å². The van der Waals surface area contributed by atoms with Gasteiger partial charge in [-0.15, -0.1) is 0 Å². The third-order valence-electron chi connectivity index (χ3n) is 5.73. The van der Waals surface area contributed by atoms with Gasteiger partial charge in [-0.1, -0.05) is 19.1 Å². The second-order valence-electron chi connectivity index (χ2n) is 7.61. The Balaban J connectivity index is 1.80. The number of anilines is 2. The van der Waals surface area contributed by atoms with E-state index in [1.54, 1.807) is 13.0 Å². The lowest BCUT2D eigenvalue weighted by molar-refractivity contribution is -0.129. The topological polar surface area (TPSA) is 41.4 Å². The van der Waals surface area contributed by atoms with Crippen LogP contribution in [-0.2, 0) is 30.7 Å². The van der Waals surface area contributed by atoms with Gasteiger partial charge in [0.1, 0.15) is 0 Å². The summed E-state index contributed by atoms with van der Waals surface area (Å²) >= 11 is 0. The van der Waals surface area contributed by atoms with E-state index in [-0.39, 0.29) is 11.5 Å². The van der Waals surface area contributed by atoms with Gasteiger partial charge in [-0.05, 0) is 30.9 Å². The first-order chi connectivity index (χ1) is 13.5. The van der Waals surface area contributed by atoms with Crippen LogP contribution in [0.25, 0.3) is 0 Å². The molecule has 150 valence electrons. The van der Waals surface area contributed by atoms with Gasteiger partial charge in [0.2, 0.25) is 5.91 Å². The molecule has 0 bridgehead atoms. The molecule has 0 saturated heterocycles. The highest BCUT2D eigenvalue weighted by atomic mass is 19.3. The van der Waals surface area contributed by atoms with Gasteiger partial charge in [0.05, 0.1) is 6.54 Å². The van der Waals surface area contributed by atoms with Gasteiger partial charge in [0.15, 0.2) is 5.82 Å². The molecule has 7 heteroatoms. The number of nitrogens with zero attached hydrogens (tertiary/aromatic N) is 4. The Morgan fingerprint density at radius 1 is 1.25 bits per heavy atom. The quantitative estimate of drug-likeness (QED) is 0.788. The van der Waals surface area contributed by atoms with Crippen LogP contribution in [0.5, 0.6) is 0 Å². The lowest BCUT2D eigenvalue weighted by atomic mass is 9.98. The van der Waals surface area contributed by atoms with Crippen molar-refractivity contribution in [2.24, 2.45) is 0 Å². The van der Waals surface area contributed by atoms with Gasteiger partial charge in [-0.25, -0.2) is 8.78 Å². The summed E-state index contributed by atoms with van der Waals surface area (Å²) in [5.41, 5.74) is 4.18. The van der Waals surface area contributed by atoms with E-state index in [2.05, 4.69) is 11.8 Å². The summed E-state index contributed by atoms with van der Waals surface area (Å²) in [5.74, 6) is 0.876. The second kappa shape index (κ2) is 7.53. The normalized spacial score (nSPS) is 16.3. The molecule has 0 saturated carbocycles. The first-order valence-electron chi connectivity index (χ1n) is 10.0. The number of benzene rings is 1. The molecular formula is C21H26F2N4O. The Kier molecular flexibility index (Phi) is 5.08. The zero-order valence-corrected chi connectivity index (χ0v) is 16.4. The van der Waals surface area contributed by atoms with Gasteiger partial charge in [0.25, 0.3) is 6.43 Å². The maximum atomic E-state index is 13.3. The molecule has 5 nitrogen and oxygen atoms in total. The zero-order valence-electron chi connectivity index (χ0n) is 16.4. The highest BCUT2D eigenvalue weighted by Crippen LogP contribution is 2.39. The van der Waals surface area contributed by atoms with E-state index in [0.717, 1.165) is 61.4 Å². The van der Waals surface area contributed by atoms with Gasteiger partial charge < -0.3 is 9.80 Å². The van der Waals surface area contributed by atoms with Crippen molar-refractivity contribution >= 4 is 17.4 Å². The number of rotatable bonds is 4. The van der Waals surface area contributed by atoms with Crippen LogP contribution in [0.2, 0.25) is 0 Å². The average molecular weight is 388 g/mol. The Morgan fingerprint density at radius 3 is 2.79 bits per heavy atom. The number of alkyl halides is 2. The lowest BCUT2D eigenvalue weighted by Gasteiger charge is -2.32. The summed E-state index contributed by atoms with van der Waals surface area (Å²) in [7, 11) is 0. The molecule has 0 atom stereocenters. The fraction of sp³-hybridized carbons (Fsp3) is 0.524. The number of hydrogen-bond donors (Lipinski definition) is 0. The fourth-order valence-corrected chi connectivity index (χ4v) is 4.30. The third kappa shape index (κ3) is 3.27. The number of aromatic nitrogens is 2. The molecule has 0 aliphatic carbocycles. The van der Waals surface area contributed by atoms with E-state index in [4.69, 9.17) is 5.10 Å². The average Bonchev–Trinajstić information content (AvgIpc) is 3.05. The maximum Gasteiger partial charge on any atom is 0.263 e. The van der Waals surface area contributed by atoms with Crippen LogP contribution in [0, 0.1) is 0 Å². The van der Waals surface area contributed by atoms with E-state index in [1.807, 2.05) is 15.6 Å². The molecule has 1 aromatic heterocycles. The minimum Gasteiger partial charge on any atom is -0.338 e. The predicted octanol–water partition coefficient (Wildman–Crippen LogP) is 4.22. The molecule has 28 heavy (non-hydrogen) atoms. The first kappa shape index (κ1) is 18.9.